The fourth-order valence-electron chi connectivity index (χ4n) is 3.54. The molecule has 0 radical (unpaired) electrons. The molecule has 5 rings (SSSR count). The molecule has 0 aliphatic carbocycles. The van der Waals surface area contributed by atoms with Crippen LogP contribution < -0.4 is 4.74 Å². The van der Waals surface area contributed by atoms with Crippen LogP contribution in [-0.2, 0) is 6.54 Å². The van der Waals surface area contributed by atoms with Gasteiger partial charge in [0.1, 0.15) is 18.2 Å². The average Bonchev–Trinajstić information content (AvgIpc) is 3.48. The van der Waals surface area contributed by atoms with Crippen molar-refractivity contribution < 1.29 is 4.74 Å². The maximum atomic E-state index is 9.48. The molecule has 1 atom stereocenters. The Morgan fingerprint density at radius 3 is 2.84 bits per heavy atom. The normalized spacial score (nSPS) is 11.9. The first-order chi connectivity index (χ1) is 15.7. The lowest BCUT2D eigenvalue weighted by Crippen LogP contribution is -2.20. The van der Waals surface area contributed by atoms with Gasteiger partial charge >= 0.3 is 0 Å². The lowest BCUT2D eigenvalue weighted by Gasteiger charge is -2.15. The van der Waals surface area contributed by atoms with Gasteiger partial charge in [-0.15, -0.1) is 5.10 Å². The molecule has 156 valence electrons. The van der Waals surface area contributed by atoms with E-state index in [-0.39, 0.29) is 6.10 Å². The minimum absolute atomic E-state index is 0.119. The second kappa shape index (κ2) is 8.28. The van der Waals surface area contributed by atoms with E-state index in [9.17, 15) is 5.26 Å². The maximum Gasteiger partial charge on any atom is 0.154 e. The van der Waals surface area contributed by atoms with Crippen LogP contribution in [0.4, 0.5) is 0 Å². The van der Waals surface area contributed by atoms with Crippen molar-refractivity contribution >= 4 is 5.65 Å². The zero-order valence-corrected chi connectivity index (χ0v) is 17.2. The van der Waals surface area contributed by atoms with Gasteiger partial charge < -0.3 is 4.74 Å². The second-order valence-corrected chi connectivity index (χ2v) is 7.28. The Morgan fingerprint density at radius 2 is 2.00 bits per heavy atom. The average molecular weight is 422 g/mol. The topological polar surface area (TPSA) is 107 Å². The monoisotopic (exact) mass is 422 g/mol. The lowest BCUT2D eigenvalue weighted by atomic mass is 10.1. The molecule has 0 N–H and O–H groups in total. The number of ether oxygens (including phenoxy) is 1. The SMILES string of the molecule is C[C@@H](Cn1cnnn1)Oc1cccc(-c2ccc3ncc(-c4ccccc4C#N)n3n2)c1. The molecular weight excluding hydrogens is 404 g/mol. The quantitative estimate of drug-likeness (QED) is 0.413. The highest BCUT2D eigenvalue weighted by Crippen LogP contribution is 2.27. The third-order valence-corrected chi connectivity index (χ3v) is 4.99. The molecular formula is C23H18N8O. The van der Waals surface area contributed by atoms with Crippen molar-refractivity contribution in [2.24, 2.45) is 0 Å². The standard InChI is InChI=1S/C23H18N8O/c1-16(14-30-15-26-28-29-30)32-19-7-4-6-17(11-19)21-9-10-23-25-13-22(31(23)27-21)20-8-3-2-5-18(20)12-24/h2-11,13,15-16H,14H2,1H3/t16-/m0/s1. The Labute approximate surface area is 183 Å². The van der Waals surface area contributed by atoms with E-state index in [1.165, 1.54) is 0 Å². The molecule has 0 spiro atoms. The third-order valence-electron chi connectivity index (χ3n) is 4.99. The number of tetrazole rings is 1. The van der Waals surface area contributed by atoms with Crippen LogP contribution in [0.3, 0.4) is 0 Å². The second-order valence-electron chi connectivity index (χ2n) is 7.28. The van der Waals surface area contributed by atoms with Crippen molar-refractivity contribution in [1.82, 2.24) is 34.8 Å². The summed E-state index contributed by atoms with van der Waals surface area (Å²) in [6.45, 7) is 2.50. The zero-order valence-electron chi connectivity index (χ0n) is 17.2. The summed E-state index contributed by atoms with van der Waals surface area (Å²) in [5, 5.41) is 25.4. The molecule has 9 heteroatoms. The van der Waals surface area contributed by atoms with Gasteiger partial charge in [-0.2, -0.15) is 10.4 Å². The largest absolute Gasteiger partial charge is 0.489 e. The highest BCUT2D eigenvalue weighted by molar-refractivity contribution is 5.70. The van der Waals surface area contributed by atoms with Gasteiger partial charge in [-0.1, -0.05) is 30.3 Å². The van der Waals surface area contributed by atoms with Gasteiger partial charge in [-0.25, -0.2) is 14.2 Å². The fourth-order valence-corrected chi connectivity index (χ4v) is 3.54. The fraction of sp³-hybridized carbons (Fsp3) is 0.130. The number of rotatable bonds is 6. The molecule has 32 heavy (non-hydrogen) atoms. The summed E-state index contributed by atoms with van der Waals surface area (Å²) in [6, 6.07) is 21.3. The van der Waals surface area contributed by atoms with E-state index in [0.717, 1.165) is 28.3 Å². The summed E-state index contributed by atoms with van der Waals surface area (Å²) in [5.74, 6) is 0.727. The van der Waals surface area contributed by atoms with Gasteiger partial charge in [0, 0.05) is 11.1 Å². The summed E-state index contributed by atoms with van der Waals surface area (Å²) < 4.78 is 9.44. The predicted octanol–water partition coefficient (Wildman–Crippen LogP) is 3.39. The van der Waals surface area contributed by atoms with E-state index >= 15 is 0 Å². The van der Waals surface area contributed by atoms with Crippen molar-refractivity contribution in [3.8, 4) is 34.3 Å². The summed E-state index contributed by atoms with van der Waals surface area (Å²) in [7, 11) is 0. The van der Waals surface area contributed by atoms with E-state index < -0.39 is 0 Å². The van der Waals surface area contributed by atoms with Crippen LogP contribution in [0.2, 0.25) is 0 Å². The van der Waals surface area contributed by atoms with E-state index in [2.05, 4.69) is 26.6 Å². The smallest absolute Gasteiger partial charge is 0.154 e. The molecule has 0 aliphatic rings. The first kappa shape index (κ1) is 19.4. The number of imidazole rings is 1. The summed E-state index contributed by atoms with van der Waals surface area (Å²) in [6.07, 6.45) is 3.18. The van der Waals surface area contributed by atoms with Gasteiger partial charge in [0.05, 0.1) is 35.8 Å². The maximum absolute atomic E-state index is 9.48. The number of nitriles is 1. The first-order valence-electron chi connectivity index (χ1n) is 10.0. The van der Waals surface area contributed by atoms with Crippen LogP contribution in [-0.4, -0.2) is 40.9 Å². The van der Waals surface area contributed by atoms with Crippen molar-refractivity contribution in [3.05, 3.63) is 78.8 Å². The predicted molar refractivity (Wildman–Crippen MR) is 116 cm³/mol. The highest BCUT2D eigenvalue weighted by atomic mass is 16.5. The van der Waals surface area contributed by atoms with Crippen LogP contribution >= 0.6 is 0 Å². The molecule has 0 saturated carbocycles. The molecule has 0 bridgehead atoms. The molecule has 0 amide bonds. The number of aromatic nitrogens is 7. The van der Waals surface area contributed by atoms with Crippen molar-refractivity contribution in [2.75, 3.05) is 0 Å². The van der Waals surface area contributed by atoms with E-state index in [1.54, 1.807) is 27.8 Å². The van der Waals surface area contributed by atoms with Crippen molar-refractivity contribution in [1.29, 1.82) is 5.26 Å². The van der Waals surface area contributed by atoms with Gasteiger partial charge in [0.25, 0.3) is 0 Å². The van der Waals surface area contributed by atoms with Crippen LogP contribution in [0.15, 0.2) is 73.2 Å². The Kier molecular flexibility index (Phi) is 5.01. The van der Waals surface area contributed by atoms with Crippen LogP contribution in [0.5, 0.6) is 5.75 Å². The summed E-state index contributed by atoms with van der Waals surface area (Å²) in [4.78, 5) is 4.45. The number of hydrogen-bond acceptors (Lipinski definition) is 7. The Hall–Kier alpha value is -4.58. The Balaban J connectivity index is 1.46. The number of fused-ring (bicyclic) bond motifs is 1. The van der Waals surface area contributed by atoms with Crippen LogP contribution in [0.1, 0.15) is 12.5 Å². The minimum Gasteiger partial charge on any atom is -0.489 e. The molecule has 9 nitrogen and oxygen atoms in total. The van der Waals surface area contributed by atoms with Crippen molar-refractivity contribution in [3.63, 3.8) is 0 Å². The highest BCUT2D eigenvalue weighted by Gasteiger charge is 2.13. The molecule has 0 unspecified atom stereocenters. The number of hydrogen-bond donors (Lipinski definition) is 0. The van der Waals surface area contributed by atoms with Crippen LogP contribution in [0.25, 0.3) is 28.2 Å². The van der Waals surface area contributed by atoms with Gasteiger partial charge in [0.2, 0.25) is 0 Å². The Morgan fingerprint density at radius 1 is 1.09 bits per heavy atom. The van der Waals surface area contributed by atoms with Crippen LogP contribution in [0, 0.1) is 11.3 Å². The molecule has 0 fully saturated rings. The molecule has 0 aliphatic heterocycles. The van der Waals surface area contributed by atoms with Gasteiger partial charge in [-0.05, 0) is 47.7 Å². The van der Waals surface area contributed by atoms with E-state index in [1.807, 2.05) is 61.5 Å². The van der Waals surface area contributed by atoms with E-state index in [4.69, 9.17) is 9.84 Å². The Bertz CT molecular complexity index is 1420. The summed E-state index contributed by atoms with van der Waals surface area (Å²) in [5.41, 5.74) is 4.52. The molecule has 5 aromatic rings. The molecule has 3 aromatic heterocycles. The summed E-state index contributed by atoms with van der Waals surface area (Å²) >= 11 is 0. The van der Waals surface area contributed by atoms with Gasteiger partial charge in [0.15, 0.2) is 5.65 Å². The first-order valence-corrected chi connectivity index (χ1v) is 10.0. The molecule has 0 saturated heterocycles. The third kappa shape index (κ3) is 3.77. The molecule has 2 aromatic carbocycles. The van der Waals surface area contributed by atoms with E-state index in [0.29, 0.717) is 17.8 Å². The number of benzene rings is 2. The minimum atomic E-state index is -0.119. The van der Waals surface area contributed by atoms with Gasteiger partial charge in [-0.3, -0.25) is 0 Å². The lowest BCUT2D eigenvalue weighted by molar-refractivity contribution is 0.193. The molecule has 3 heterocycles. The number of nitrogens with zero attached hydrogens (tertiary/aromatic N) is 8. The zero-order chi connectivity index (χ0) is 21.9. The van der Waals surface area contributed by atoms with Crippen molar-refractivity contribution in [2.45, 2.75) is 19.6 Å².